The van der Waals surface area contributed by atoms with Crippen LogP contribution < -0.4 is 10.1 Å². The zero-order valence-electron chi connectivity index (χ0n) is 19.8. The number of hydrogen-bond acceptors (Lipinski definition) is 3. The van der Waals surface area contributed by atoms with Crippen molar-refractivity contribution in [2.75, 3.05) is 6.61 Å². The van der Waals surface area contributed by atoms with Gasteiger partial charge in [0.05, 0.1) is 0 Å². The molecule has 2 amide bonds. The average Bonchev–Trinajstić information content (AvgIpc) is 2.78. The molecule has 1 aliphatic carbocycles. The van der Waals surface area contributed by atoms with Crippen LogP contribution in [0.4, 0.5) is 0 Å². The van der Waals surface area contributed by atoms with Gasteiger partial charge in [-0.3, -0.25) is 9.59 Å². The van der Waals surface area contributed by atoms with E-state index in [9.17, 15) is 9.59 Å². The van der Waals surface area contributed by atoms with Crippen LogP contribution in [-0.2, 0) is 16.1 Å². The van der Waals surface area contributed by atoms with Crippen LogP contribution >= 0.6 is 0 Å². The van der Waals surface area contributed by atoms with E-state index in [0.29, 0.717) is 12.3 Å². The van der Waals surface area contributed by atoms with Crippen LogP contribution in [0.1, 0.15) is 61.3 Å². The van der Waals surface area contributed by atoms with Crippen LogP contribution in [0.15, 0.2) is 42.5 Å². The summed E-state index contributed by atoms with van der Waals surface area (Å²) >= 11 is 0. The standard InChI is InChI=1S/C27H36N2O3/c1-19-10-13-23(14-11-19)17-29(22(4)27(31)28-24-8-6-5-7-9-24)26(30)18-32-25-15-12-20(2)16-21(25)3/h10-16,22,24H,5-9,17-18H2,1-4H3,(H,28,31)/t22-/m1/s1. The van der Waals surface area contributed by atoms with Crippen LogP contribution in [0.25, 0.3) is 0 Å². The van der Waals surface area contributed by atoms with Gasteiger partial charge in [-0.15, -0.1) is 0 Å². The fraction of sp³-hybridized carbons (Fsp3) is 0.481. The Kier molecular flexibility index (Phi) is 8.32. The monoisotopic (exact) mass is 436 g/mol. The van der Waals surface area contributed by atoms with Crippen molar-refractivity contribution in [3.05, 3.63) is 64.7 Å². The quantitative estimate of drug-likeness (QED) is 0.643. The van der Waals surface area contributed by atoms with Gasteiger partial charge in [0.2, 0.25) is 5.91 Å². The van der Waals surface area contributed by atoms with E-state index in [1.165, 1.54) is 6.42 Å². The lowest BCUT2D eigenvalue weighted by Gasteiger charge is -2.31. The van der Waals surface area contributed by atoms with Gasteiger partial charge < -0.3 is 15.0 Å². The SMILES string of the molecule is Cc1ccc(CN(C(=O)COc2ccc(C)cc2C)[C@H](C)C(=O)NC2CCCCC2)cc1. The van der Waals surface area contributed by atoms with E-state index in [1.807, 2.05) is 63.2 Å². The van der Waals surface area contributed by atoms with E-state index in [4.69, 9.17) is 4.74 Å². The first-order valence-electron chi connectivity index (χ1n) is 11.7. The van der Waals surface area contributed by atoms with Crippen molar-refractivity contribution in [3.8, 4) is 5.75 Å². The fourth-order valence-electron chi connectivity index (χ4n) is 4.23. The highest BCUT2D eigenvalue weighted by Crippen LogP contribution is 2.20. The molecule has 5 heteroatoms. The number of nitrogens with one attached hydrogen (secondary N) is 1. The molecule has 0 unspecified atom stereocenters. The predicted molar refractivity (Wildman–Crippen MR) is 128 cm³/mol. The third-order valence-electron chi connectivity index (χ3n) is 6.27. The molecule has 0 aromatic heterocycles. The van der Waals surface area contributed by atoms with E-state index in [-0.39, 0.29) is 24.5 Å². The number of carbonyl (C=O) groups is 2. The lowest BCUT2D eigenvalue weighted by molar-refractivity contribution is -0.142. The molecule has 0 saturated heterocycles. The molecule has 1 atom stereocenters. The number of amides is 2. The maximum absolute atomic E-state index is 13.2. The molecule has 3 rings (SSSR count). The molecular weight excluding hydrogens is 400 g/mol. The van der Waals surface area contributed by atoms with Crippen molar-refractivity contribution in [3.63, 3.8) is 0 Å². The van der Waals surface area contributed by atoms with Gasteiger partial charge in [0.1, 0.15) is 11.8 Å². The van der Waals surface area contributed by atoms with Gasteiger partial charge in [0, 0.05) is 12.6 Å². The van der Waals surface area contributed by atoms with E-state index in [2.05, 4.69) is 5.32 Å². The first kappa shape index (κ1) is 23.8. The Morgan fingerprint density at radius 2 is 1.66 bits per heavy atom. The molecule has 0 radical (unpaired) electrons. The van der Waals surface area contributed by atoms with Crippen LogP contribution in [0.5, 0.6) is 5.75 Å². The number of hydrogen-bond donors (Lipinski definition) is 1. The molecule has 32 heavy (non-hydrogen) atoms. The highest BCUT2D eigenvalue weighted by molar-refractivity contribution is 5.88. The van der Waals surface area contributed by atoms with Crippen molar-refractivity contribution in [2.24, 2.45) is 0 Å². The molecule has 0 bridgehead atoms. The summed E-state index contributed by atoms with van der Waals surface area (Å²) in [5.41, 5.74) is 4.29. The molecule has 1 fully saturated rings. The summed E-state index contributed by atoms with van der Waals surface area (Å²) in [5.74, 6) is 0.402. The van der Waals surface area contributed by atoms with Crippen molar-refractivity contribution in [1.29, 1.82) is 0 Å². The third-order valence-corrected chi connectivity index (χ3v) is 6.27. The van der Waals surface area contributed by atoms with Gasteiger partial charge in [-0.2, -0.15) is 0 Å². The second-order valence-corrected chi connectivity index (χ2v) is 9.08. The molecule has 2 aromatic carbocycles. The Balaban J connectivity index is 1.71. The summed E-state index contributed by atoms with van der Waals surface area (Å²) in [7, 11) is 0. The number of rotatable bonds is 8. The summed E-state index contributed by atoms with van der Waals surface area (Å²) in [6.07, 6.45) is 5.56. The molecular formula is C27H36N2O3. The number of carbonyl (C=O) groups excluding carboxylic acids is 2. The van der Waals surface area contributed by atoms with Crippen molar-refractivity contribution >= 4 is 11.8 Å². The molecule has 0 aliphatic heterocycles. The highest BCUT2D eigenvalue weighted by atomic mass is 16.5. The van der Waals surface area contributed by atoms with E-state index >= 15 is 0 Å². The molecule has 5 nitrogen and oxygen atoms in total. The number of nitrogens with zero attached hydrogens (tertiary/aromatic N) is 1. The first-order valence-corrected chi connectivity index (χ1v) is 11.7. The van der Waals surface area contributed by atoms with Gasteiger partial charge in [0.15, 0.2) is 6.61 Å². The summed E-state index contributed by atoms with van der Waals surface area (Å²) in [4.78, 5) is 27.9. The summed E-state index contributed by atoms with van der Waals surface area (Å²) in [5, 5.41) is 3.16. The van der Waals surface area contributed by atoms with E-state index in [0.717, 1.165) is 47.9 Å². The molecule has 2 aromatic rings. The van der Waals surface area contributed by atoms with Gasteiger partial charge in [-0.1, -0.05) is 66.8 Å². The van der Waals surface area contributed by atoms with Crippen LogP contribution in [0.2, 0.25) is 0 Å². The second kappa shape index (κ2) is 11.2. The molecule has 172 valence electrons. The summed E-state index contributed by atoms with van der Waals surface area (Å²) < 4.78 is 5.85. The average molecular weight is 437 g/mol. The Labute approximate surface area is 192 Å². The van der Waals surface area contributed by atoms with Crippen LogP contribution in [-0.4, -0.2) is 35.4 Å². The summed E-state index contributed by atoms with van der Waals surface area (Å²) in [6.45, 7) is 8.10. The Morgan fingerprint density at radius 3 is 2.31 bits per heavy atom. The smallest absolute Gasteiger partial charge is 0.261 e. The maximum Gasteiger partial charge on any atom is 0.261 e. The zero-order valence-corrected chi connectivity index (χ0v) is 19.8. The fourth-order valence-corrected chi connectivity index (χ4v) is 4.23. The van der Waals surface area contributed by atoms with Gasteiger partial charge in [-0.05, 0) is 57.7 Å². The normalized spacial score (nSPS) is 15.1. The Morgan fingerprint density at radius 1 is 1.00 bits per heavy atom. The number of benzene rings is 2. The Bertz CT molecular complexity index is 917. The molecule has 0 spiro atoms. The van der Waals surface area contributed by atoms with Crippen molar-refractivity contribution < 1.29 is 14.3 Å². The lowest BCUT2D eigenvalue weighted by atomic mass is 9.95. The minimum absolute atomic E-state index is 0.0936. The van der Waals surface area contributed by atoms with E-state index in [1.54, 1.807) is 11.8 Å². The first-order chi connectivity index (χ1) is 15.3. The largest absolute Gasteiger partial charge is 0.483 e. The van der Waals surface area contributed by atoms with Crippen molar-refractivity contribution in [2.45, 2.75) is 78.4 Å². The van der Waals surface area contributed by atoms with Crippen molar-refractivity contribution in [1.82, 2.24) is 10.2 Å². The molecule has 1 saturated carbocycles. The minimum atomic E-state index is -0.576. The van der Waals surface area contributed by atoms with Gasteiger partial charge in [0.25, 0.3) is 5.91 Å². The lowest BCUT2D eigenvalue weighted by Crippen LogP contribution is -2.51. The predicted octanol–water partition coefficient (Wildman–Crippen LogP) is 4.86. The van der Waals surface area contributed by atoms with Crippen LogP contribution in [0, 0.1) is 20.8 Å². The zero-order chi connectivity index (χ0) is 23.1. The number of aryl methyl sites for hydroxylation is 3. The van der Waals surface area contributed by atoms with Gasteiger partial charge >= 0.3 is 0 Å². The van der Waals surface area contributed by atoms with Gasteiger partial charge in [-0.25, -0.2) is 0 Å². The highest BCUT2D eigenvalue weighted by Gasteiger charge is 2.28. The molecule has 0 heterocycles. The maximum atomic E-state index is 13.2. The van der Waals surface area contributed by atoms with Crippen LogP contribution in [0.3, 0.4) is 0 Å². The van der Waals surface area contributed by atoms with E-state index < -0.39 is 6.04 Å². The topological polar surface area (TPSA) is 58.6 Å². The number of ether oxygens (including phenoxy) is 1. The Hall–Kier alpha value is -2.82. The molecule has 1 N–H and O–H groups in total. The second-order valence-electron chi connectivity index (χ2n) is 9.08. The minimum Gasteiger partial charge on any atom is -0.483 e. The third kappa shape index (κ3) is 6.59. The molecule has 1 aliphatic rings. The summed E-state index contributed by atoms with van der Waals surface area (Å²) in [6, 6.07) is 13.6.